The van der Waals surface area contributed by atoms with E-state index in [0.29, 0.717) is 0 Å². The van der Waals surface area contributed by atoms with Crippen LogP contribution in [-0.2, 0) is 5.41 Å². The summed E-state index contributed by atoms with van der Waals surface area (Å²) in [6, 6.07) is 48.5. The predicted octanol–water partition coefficient (Wildman–Crippen LogP) is 8.79. The van der Waals surface area contributed by atoms with E-state index in [0.717, 1.165) is 55.6 Å². The van der Waals surface area contributed by atoms with Crippen LogP contribution in [0, 0.1) is 0 Å². The Bertz CT molecular complexity index is 1680. The Morgan fingerprint density at radius 2 is 0.641 bits per heavy atom. The van der Waals surface area contributed by atoms with Gasteiger partial charge in [-0.3, -0.25) is 0 Å². The van der Waals surface area contributed by atoms with Gasteiger partial charge in [0.15, 0.2) is 0 Å². The van der Waals surface area contributed by atoms with Gasteiger partial charge in [-0.25, -0.2) is 0 Å². The zero-order valence-corrected chi connectivity index (χ0v) is 21.3. The fraction of sp³-hybridized carbons (Fsp3) is 0.0270. The van der Waals surface area contributed by atoms with Crippen molar-refractivity contribution in [2.75, 3.05) is 0 Å². The first-order valence-corrected chi connectivity index (χ1v) is 13.2. The molecule has 186 valence electrons. The molecule has 0 aliphatic heterocycles. The third kappa shape index (κ3) is 3.35. The number of benzene rings is 6. The van der Waals surface area contributed by atoms with Gasteiger partial charge < -0.3 is 10.2 Å². The summed E-state index contributed by atoms with van der Waals surface area (Å²) in [6.45, 7) is 0. The van der Waals surface area contributed by atoms with E-state index < -0.39 is 5.41 Å². The van der Waals surface area contributed by atoms with Gasteiger partial charge in [0.25, 0.3) is 0 Å². The Morgan fingerprint density at radius 3 is 1.08 bits per heavy atom. The van der Waals surface area contributed by atoms with Crippen LogP contribution in [0.4, 0.5) is 0 Å². The smallest absolute Gasteiger partial charge is 0.128 e. The van der Waals surface area contributed by atoms with E-state index in [4.69, 9.17) is 0 Å². The van der Waals surface area contributed by atoms with Crippen molar-refractivity contribution < 1.29 is 10.2 Å². The molecule has 0 saturated heterocycles. The minimum Gasteiger partial charge on any atom is -0.507 e. The van der Waals surface area contributed by atoms with E-state index in [1.165, 1.54) is 0 Å². The molecule has 0 heterocycles. The Labute approximate surface area is 228 Å². The summed E-state index contributed by atoms with van der Waals surface area (Å²) in [5.74, 6) is 0.416. The fourth-order valence-electron chi connectivity index (χ4n) is 6.35. The molecular formula is C37H26O2. The molecule has 2 heteroatoms. The van der Waals surface area contributed by atoms with Gasteiger partial charge in [0.2, 0.25) is 0 Å². The second kappa shape index (κ2) is 9.04. The topological polar surface area (TPSA) is 40.5 Å². The van der Waals surface area contributed by atoms with Crippen LogP contribution in [0.5, 0.6) is 11.5 Å². The molecule has 0 saturated carbocycles. The third-order valence-electron chi connectivity index (χ3n) is 8.00. The lowest BCUT2D eigenvalue weighted by Gasteiger charge is -2.35. The largest absolute Gasteiger partial charge is 0.507 e. The molecule has 0 spiro atoms. The van der Waals surface area contributed by atoms with E-state index in [-0.39, 0.29) is 11.5 Å². The second-order valence-corrected chi connectivity index (χ2v) is 9.98. The van der Waals surface area contributed by atoms with Crippen molar-refractivity contribution in [1.82, 2.24) is 0 Å². The summed E-state index contributed by atoms with van der Waals surface area (Å²) in [5, 5.41) is 24.2. The van der Waals surface area contributed by atoms with Gasteiger partial charge in [-0.2, -0.15) is 0 Å². The molecular weight excluding hydrogens is 476 g/mol. The predicted molar refractivity (Wildman–Crippen MR) is 158 cm³/mol. The Kier molecular flexibility index (Phi) is 5.35. The van der Waals surface area contributed by atoms with E-state index in [1.54, 1.807) is 0 Å². The van der Waals surface area contributed by atoms with Gasteiger partial charge >= 0.3 is 0 Å². The number of rotatable bonds is 4. The number of hydrogen-bond acceptors (Lipinski definition) is 2. The minimum atomic E-state index is -0.934. The van der Waals surface area contributed by atoms with Crippen LogP contribution >= 0.6 is 0 Å². The number of aromatic hydroxyl groups is 2. The maximum atomic E-state index is 12.1. The SMILES string of the molecule is Oc1c(-c2ccccc2)cccc1C1(c2cccc(-c3ccccc3)c2O)c2ccccc2-c2ccccc21. The maximum absolute atomic E-state index is 12.1. The summed E-state index contributed by atoms with van der Waals surface area (Å²) in [7, 11) is 0. The van der Waals surface area contributed by atoms with Crippen molar-refractivity contribution in [3.05, 3.63) is 168 Å². The highest BCUT2D eigenvalue weighted by molar-refractivity contribution is 5.90. The molecule has 2 N–H and O–H groups in total. The normalized spacial score (nSPS) is 13.0. The summed E-state index contributed by atoms with van der Waals surface area (Å²) in [4.78, 5) is 0. The van der Waals surface area contributed by atoms with Gasteiger partial charge in [0.05, 0.1) is 5.41 Å². The molecule has 0 radical (unpaired) electrons. The summed E-state index contributed by atoms with van der Waals surface area (Å²) < 4.78 is 0. The number of para-hydroxylation sites is 2. The molecule has 2 nitrogen and oxygen atoms in total. The molecule has 6 aromatic carbocycles. The van der Waals surface area contributed by atoms with Crippen molar-refractivity contribution in [2.45, 2.75) is 5.41 Å². The van der Waals surface area contributed by atoms with E-state index >= 15 is 0 Å². The molecule has 0 fully saturated rings. The standard InChI is InChI=1S/C37H26O2/c38-35-27(25-13-3-1-4-14-25)19-11-23-33(35)37(31-21-9-7-17-29(31)30-18-8-10-22-32(30)37)34-24-12-20-28(36(34)39)26-15-5-2-6-16-26/h1-24,38-39H. The Hall–Kier alpha value is -5.08. The van der Waals surface area contributed by atoms with Gasteiger partial charge in [0.1, 0.15) is 11.5 Å². The van der Waals surface area contributed by atoms with E-state index in [1.807, 2.05) is 121 Å². The van der Waals surface area contributed by atoms with E-state index in [2.05, 4.69) is 24.3 Å². The maximum Gasteiger partial charge on any atom is 0.128 e. The van der Waals surface area contributed by atoms with Gasteiger partial charge in [-0.1, -0.05) is 146 Å². The first-order chi connectivity index (χ1) is 19.2. The van der Waals surface area contributed by atoms with Crippen molar-refractivity contribution in [1.29, 1.82) is 0 Å². The molecule has 1 aliphatic carbocycles. The van der Waals surface area contributed by atoms with Crippen molar-refractivity contribution in [3.8, 4) is 44.9 Å². The monoisotopic (exact) mass is 502 g/mol. The van der Waals surface area contributed by atoms with Crippen molar-refractivity contribution >= 4 is 0 Å². The molecule has 0 aromatic heterocycles. The highest BCUT2D eigenvalue weighted by Crippen LogP contribution is 2.60. The lowest BCUT2D eigenvalue weighted by Crippen LogP contribution is -2.29. The second-order valence-electron chi connectivity index (χ2n) is 9.98. The minimum absolute atomic E-state index is 0.208. The molecule has 0 atom stereocenters. The zero-order valence-electron chi connectivity index (χ0n) is 21.3. The number of fused-ring (bicyclic) bond motifs is 3. The highest BCUT2D eigenvalue weighted by atomic mass is 16.3. The first-order valence-electron chi connectivity index (χ1n) is 13.2. The Balaban J connectivity index is 1.62. The van der Waals surface area contributed by atoms with Crippen LogP contribution < -0.4 is 0 Å². The van der Waals surface area contributed by atoms with E-state index in [9.17, 15) is 10.2 Å². The average Bonchev–Trinajstić information content (AvgIpc) is 3.29. The Morgan fingerprint density at radius 1 is 0.308 bits per heavy atom. The molecule has 1 aliphatic rings. The third-order valence-corrected chi connectivity index (χ3v) is 8.00. The van der Waals surface area contributed by atoms with Crippen LogP contribution in [-0.4, -0.2) is 10.2 Å². The van der Waals surface area contributed by atoms with Crippen LogP contribution in [0.3, 0.4) is 0 Å². The summed E-state index contributed by atoms with van der Waals surface area (Å²) in [6.07, 6.45) is 0. The summed E-state index contributed by atoms with van der Waals surface area (Å²) >= 11 is 0. The quantitative estimate of drug-likeness (QED) is 0.252. The number of phenols is 2. The van der Waals surface area contributed by atoms with Crippen LogP contribution in [0.2, 0.25) is 0 Å². The van der Waals surface area contributed by atoms with Crippen LogP contribution in [0.15, 0.2) is 146 Å². The van der Waals surface area contributed by atoms with Gasteiger partial charge in [0, 0.05) is 22.3 Å². The zero-order chi connectivity index (χ0) is 26.4. The van der Waals surface area contributed by atoms with Gasteiger partial charge in [-0.15, -0.1) is 0 Å². The molecule has 0 amide bonds. The molecule has 0 unspecified atom stereocenters. The first kappa shape index (κ1) is 23.1. The fourth-order valence-corrected chi connectivity index (χ4v) is 6.35. The van der Waals surface area contributed by atoms with Crippen LogP contribution in [0.1, 0.15) is 22.3 Å². The lowest BCUT2D eigenvalue weighted by molar-refractivity contribution is 0.450. The number of hydrogen-bond donors (Lipinski definition) is 2. The van der Waals surface area contributed by atoms with Crippen molar-refractivity contribution in [3.63, 3.8) is 0 Å². The van der Waals surface area contributed by atoms with Crippen LogP contribution in [0.25, 0.3) is 33.4 Å². The molecule has 39 heavy (non-hydrogen) atoms. The molecule has 7 rings (SSSR count). The van der Waals surface area contributed by atoms with Crippen molar-refractivity contribution in [2.24, 2.45) is 0 Å². The number of phenolic OH excluding ortho intramolecular Hbond substituents is 2. The molecule has 6 aromatic rings. The molecule has 0 bridgehead atoms. The lowest BCUT2D eigenvalue weighted by atomic mass is 9.66. The highest BCUT2D eigenvalue weighted by Gasteiger charge is 2.49. The summed E-state index contributed by atoms with van der Waals surface area (Å²) in [5.41, 5.74) is 8.20. The van der Waals surface area contributed by atoms with Gasteiger partial charge in [-0.05, 0) is 33.4 Å². The average molecular weight is 503 g/mol.